The second-order valence-corrected chi connectivity index (χ2v) is 7.35. The molecule has 2 heterocycles. The molecular formula is C21H19FN2O. The summed E-state index contributed by atoms with van der Waals surface area (Å²) in [6.07, 6.45) is 1.79. The predicted octanol–water partition coefficient (Wildman–Crippen LogP) is 5.32. The number of phenolic OH excluding ortho intramolecular Hbond substituents is 1. The van der Waals surface area contributed by atoms with E-state index in [0.717, 1.165) is 33.2 Å². The first kappa shape index (κ1) is 15.6. The minimum atomic E-state index is -0.281. The summed E-state index contributed by atoms with van der Waals surface area (Å²) in [7, 11) is 0. The van der Waals surface area contributed by atoms with Gasteiger partial charge >= 0.3 is 0 Å². The van der Waals surface area contributed by atoms with Gasteiger partial charge in [0.25, 0.3) is 0 Å². The Bertz CT molecular complexity index is 1110. The molecule has 4 heteroatoms. The Kier molecular flexibility index (Phi) is 3.32. The van der Waals surface area contributed by atoms with Crippen LogP contribution in [-0.4, -0.2) is 14.7 Å². The van der Waals surface area contributed by atoms with Gasteiger partial charge in [0.15, 0.2) is 0 Å². The third-order valence-electron chi connectivity index (χ3n) is 4.55. The van der Waals surface area contributed by atoms with Gasteiger partial charge in [0.05, 0.1) is 11.0 Å². The number of rotatable bonds is 1. The highest BCUT2D eigenvalue weighted by Gasteiger charge is 2.18. The van der Waals surface area contributed by atoms with E-state index in [9.17, 15) is 9.50 Å². The molecule has 1 N–H and O–H groups in total. The summed E-state index contributed by atoms with van der Waals surface area (Å²) in [5, 5.41) is 11.6. The minimum absolute atomic E-state index is 0.00923. The van der Waals surface area contributed by atoms with Crippen molar-refractivity contribution in [3.05, 3.63) is 66.1 Å². The molecule has 0 saturated carbocycles. The molecule has 0 saturated heterocycles. The van der Waals surface area contributed by atoms with Crippen LogP contribution in [0.3, 0.4) is 0 Å². The summed E-state index contributed by atoms with van der Waals surface area (Å²) in [5.74, 6) is 0.643. The minimum Gasteiger partial charge on any atom is -0.508 e. The summed E-state index contributed by atoms with van der Waals surface area (Å²) in [5.41, 5.74) is 2.82. The fourth-order valence-corrected chi connectivity index (χ4v) is 3.24. The fraction of sp³-hybridized carbons (Fsp3) is 0.190. The Morgan fingerprint density at radius 1 is 0.920 bits per heavy atom. The molecule has 0 bridgehead atoms. The van der Waals surface area contributed by atoms with E-state index in [0.29, 0.717) is 0 Å². The zero-order valence-corrected chi connectivity index (χ0v) is 14.4. The first-order chi connectivity index (χ1) is 11.8. The molecule has 0 aliphatic heterocycles. The molecule has 4 rings (SSSR count). The van der Waals surface area contributed by atoms with Crippen molar-refractivity contribution in [3.8, 4) is 11.6 Å². The van der Waals surface area contributed by atoms with Gasteiger partial charge < -0.3 is 5.11 Å². The molecule has 3 nitrogen and oxygen atoms in total. The molecule has 0 aliphatic rings. The largest absolute Gasteiger partial charge is 0.508 e. The van der Waals surface area contributed by atoms with Gasteiger partial charge in [0.1, 0.15) is 17.4 Å². The molecule has 0 spiro atoms. The lowest BCUT2D eigenvalue weighted by Gasteiger charge is -2.20. The lowest BCUT2D eigenvalue weighted by Crippen LogP contribution is -2.12. The Balaban J connectivity index is 2.11. The Labute approximate surface area is 145 Å². The highest BCUT2D eigenvalue weighted by Crippen LogP contribution is 2.34. The smallest absolute Gasteiger partial charge is 0.137 e. The summed E-state index contributed by atoms with van der Waals surface area (Å²) >= 11 is 0. The summed E-state index contributed by atoms with van der Waals surface area (Å²) < 4.78 is 15.8. The van der Waals surface area contributed by atoms with Crippen molar-refractivity contribution in [1.82, 2.24) is 9.55 Å². The van der Waals surface area contributed by atoms with E-state index in [-0.39, 0.29) is 17.0 Å². The number of halogens is 1. The van der Waals surface area contributed by atoms with Gasteiger partial charge in [-0.2, -0.15) is 0 Å². The maximum Gasteiger partial charge on any atom is 0.137 e. The van der Waals surface area contributed by atoms with Crippen LogP contribution in [-0.2, 0) is 5.41 Å². The van der Waals surface area contributed by atoms with Gasteiger partial charge in [-0.15, -0.1) is 0 Å². The van der Waals surface area contributed by atoms with E-state index in [1.165, 1.54) is 12.1 Å². The Morgan fingerprint density at radius 3 is 2.48 bits per heavy atom. The van der Waals surface area contributed by atoms with Crippen molar-refractivity contribution in [2.24, 2.45) is 0 Å². The molecule has 0 fully saturated rings. The number of fused-ring (bicyclic) bond motifs is 3. The quantitative estimate of drug-likeness (QED) is 0.511. The summed E-state index contributed by atoms with van der Waals surface area (Å²) in [6.45, 7) is 6.46. The first-order valence-corrected chi connectivity index (χ1v) is 8.24. The number of nitrogens with zero attached hydrogens (tertiary/aromatic N) is 2. The van der Waals surface area contributed by atoms with Crippen LogP contribution >= 0.6 is 0 Å². The summed E-state index contributed by atoms with van der Waals surface area (Å²) in [6, 6.07) is 13.9. The first-order valence-electron chi connectivity index (χ1n) is 8.24. The molecule has 4 aromatic rings. The molecule has 0 amide bonds. The van der Waals surface area contributed by atoms with Crippen molar-refractivity contribution in [2.45, 2.75) is 26.2 Å². The van der Waals surface area contributed by atoms with Gasteiger partial charge in [-0.3, -0.25) is 4.57 Å². The average molecular weight is 334 g/mol. The van der Waals surface area contributed by atoms with Crippen LogP contribution in [0.1, 0.15) is 26.3 Å². The predicted molar refractivity (Wildman–Crippen MR) is 98.9 cm³/mol. The van der Waals surface area contributed by atoms with Crippen molar-refractivity contribution in [3.63, 3.8) is 0 Å². The third kappa shape index (κ3) is 2.54. The zero-order chi connectivity index (χ0) is 17.8. The summed E-state index contributed by atoms with van der Waals surface area (Å²) in [4.78, 5) is 4.54. The highest BCUT2D eigenvalue weighted by molar-refractivity contribution is 6.09. The lowest BCUT2D eigenvalue weighted by atomic mass is 9.88. The maximum absolute atomic E-state index is 13.8. The second kappa shape index (κ2) is 5.31. The van der Waals surface area contributed by atoms with Crippen LogP contribution < -0.4 is 0 Å². The SMILES string of the molecule is CC(C)(C)c1ccnc(-n2c3ccc(F)cc3c3ccc(O)cc32)c1. The number of hydrogen-bond acceptors (Lipinski definition) is 2. The molecule has 0 aliphatic carbocycles. The van der Waals surface area contributed by atoms with Crippen LogP contribution in [0.15, 0.2) is 54.7 Å². The van der Waals surface area contributed by atoms with Crippen molar-refractivity contribution < 1.29 is 9.50 Å². The van der Waals surface area contributed by atoms with Gasteiger partial charge in [-0.25, -0.2) is 9.37 Å². The number of pyridine rings is 1. The standard InChI is InChI=1S/C21H19FN2O/c1-21(2,3)13-8-9-23-20(10-13)24-18-7-4-14(22)11-17(18)16-6-5-15(25)12-19(16)24/h4-12,25H,1-3H3. The van der Waals surface area contributed by atoms with Crippen molar-refractivity contribution >= 4 is 21.8 Å². The van der Waals surface area contributed by atoms with E-state index in [2.05, 4.69) is 25.8 Å². The molecule has 0 radical (unpaired) electrons. The molecule has 2 aromatic carbocycles. The van der Waals surface area contributed by atoms with Crippen LogP contribution in [0.4, 0.5) is 4.39 Å². The van der Waals surface area contributed by atoms with Gasteiger partial charge in [0, 0.05) is 23.0 Å². The van der Waals surface area contributed by atoms with Gasteiger partial charge in [-0.1, -0.05) is 20.8 Å². The van der Waals surface area contributed by atoms with E-state index < -0.39 is 0 Å². The second-order valence-electron chi connectivity index (χ2n) is 7.35. The average Bonchev–Trinajstić information content (AvgIpc) is 2.87. The van der Waals surface area contributed by atoms with E-state index in [1.807, 2.05) is 22.8 Å². The van der Waals surface area contributed by atoms with Crippen LogP contribution in [0.25, 0.3) is 27.6 Å². The molecule has 25 heavy (non-hydrogen) atoms. The topological polar surface area (TPSA) is 38.0 Å². The number of phenols is 1. The third-order valence-corrected chi connectivity index (χ3v) is 4.55. The molecule has 0 unspecified atom stereocenters. The van der Waals surface area contributed by atoms with Crippen LogP contribution in [0.5, 0.6) is 5.75 Å². The molecule has 0 atom stereocenters. The number of benzene rings is 2. The molecule has 2 aromatic heterocycles. The monoisotopic (exact) mass is 334 g/mol. The highest BCUT2D eigenvalue weighted by atomic mass is 19.1. The zero-order valence-electron chi connectivity index (χ0n) is 14.4. The maximum atomic E-state index is 13.8. The van der Waals surface area contributed by atoms with E-state index >= 15 is 0 Å². The number of aromatic hydroxyl groups is 1. The van der Waals surface area contributed by atoms with Gasteiger partial charge in [0.2, 0.25) is 0 Å². The van der Waals surface area contributed by atoms with Crippen LogP contribution in [0.2, 0.25) is 0 Å². The Hall–Kier alpha value is -2.88. The van der Waals surface area contributed by atoms with Crippen molar-refractivity contribution in [1.29, 1.82) is 0 Å². The molecule has 126 valence electrons. The van der Waals surface area contributed by atoms with Gasteiger partial charge in [-0.05, 0) is 53.4 Å². The molecular weight excluding hydrogens is 315 g/mol. The number of hydrogen-bond donors (Lipinski definition) is 1. The van der Waals surface area contributed by atoms with E-state index in [4.69, 9.17) is 0 Å². The van der Waals surface area contributed by atoms with Crippen molar-refractivity contribution in [2.75, 3.05) is 0 Å². The van der Waals surface area contributed by atoms with Crippen LogP contribution in [0, 0.1) is 5.82 Å². The number of aromatic nitrogens is 2. The lowest BCUT2D eigenvalue weighted by molar-refractivity contribution is 0.476. The normalized spacial score (nSPS) is 12.2. The fourth-order valence-electron chi connectivity index (χ4n) is 3.24. The Morgan fingerprint density at radius 2 is 1.72 bits per heavy atom. The van der Waals surface area contributed by atoms with E-state index in [1.54, 1.807) is 24.4 Å².